The molecule has 0 aliphatic carbocycles. The molecule has 112 valence electrons. The van der Waals surface area contributed by atoms with Gasteiger partial charge in [0.2, 0.25) is 0 Å². The third kappa shape index (κ3) is 4.65. The number of nitrogens with zero attached hydrogens (tertiary/aromatic N) is 1. The summed E-state index contributed by atoms with van der Waals surface area (Å²) in [5.74, 6) is 0. The average Bonchev–Trinajstić information content (AvgIpc) is 2.53. The second-order valence-corrected chi connectivity index (χ2v) is 5.52. The molecule has 0 amide bonds. The molecule has 1 N–H and O–H groups in total. The summed E-state index contributed by atoms with van der Waals surface area (Å²) in [6.45, 7) is 1.82. The van der Waals surface area contributed by atoms with Crippen LogP contribution in [0.4, 0.5) is 5.69 Å². The number of ether oxygens (including phenoxy) is 1. The normalized spacial score (nSPS) is 10.6. The molecule has 1 aromatic carbocycles. The van der Waals surface area contributed by atoms with Crippen molar-refractivity contribution in [2.24, 2.45) is 0 Å². The fraction of sp³-hybridized carbons (Fsp3) is 0.312. The molecule has 0 saturated carbocycles. The Bertz CT molecular complexity index is 623. The van der Waals surface area contributed by atoms with Crippen LogP contribution in [0.3, 0.4) is 0 Å². The van der Waals surface area contributed by atoms with E-state index in [0.717, 1.165) is 12.2 Å². The number of hydrogen-bond acceptors (Lipinski definition) is 4. The standard InChI is InChI=1S/C16H20N2O2S/c1-20-10-9-18-12-14(5-8-16(18)19)17-11-13-3-6-15(21-2)7-4-13/h3-8,12,17H,9-11H2,1-2H3. The Morgan fingerprint density at radius 1 is 1.19 bits per heavy atom. The van der Waals surface area contributed by atoms with E-state index in [-0.39, 0.29) is 5.56 Å². The molecule has 0 aliphatic heterocycles. The molecule has 1 heterocycles. The molecule has 0 saturated heterocycles. The summed E-state index contributed by atoms with van der Waals surface area (Å²) in [4.78, 5) is 13.0. The third-order valence-electron chi connectivity index (χ3n) is 3.18. The van der Waals surface area contributed by atoms with Crippen LogP contribution in [0.1, 0.15) is 5.56 Å². The number of hydrogen-bond donors (Lipinski definition) is 1. The van der Waals surface area contributed by atoms with Crippen LogP contribution in [-0.2, 0) is 17.8 Å². The van der Waals surface area contributed by atoms with Gasteiger partial charge in [0.15, 0.2) is 0 Å². The van der Waals surface area contributed by atoms with E-state index in [4.69, 9.17) is 4.74 Å². The molecule has 0 fully saturated rings. The van der Waals surface area contributed by atoms with Crippen molar-refractivity contribution in [3.8, 4) is 0 Å². The Hall–Kier alpha value is -1.72. The van der Waals surface area contributed by atoms with Crippen molar-refractivity contribution >= 4 is 17.4 Å². The van der Waals surface area contributed by atoms with Crippen LogP contribution < -0.4 is 10.9 Å². The van der Waals surface area contributed by atoms with Crippen LogP contribution >= 0.6 is 11.8 Å². The Labute approximate surface area is 129 Å². The summed E-state index contributed by atoms with van der Waals surface area (Å²) < 4.78 is 6.67. The molecule has 0 spiro atoms. The molecule has 2 aromatic rings. The SMILES string of the molecule is COCCn1cc(NCc2ccc(SC)cc2)ccc1=O. The fourth-order valence-corrected chi connectivity index (χ4v) is 2.36. The van der Waals surface area contributed by atoms with E-state index in [2.05, 4.69) is 35.8 Å². The van der Waals surface area contributed by atoms with Crippen molar-refractivity contribution in [2.45, 2.75) is 18.0 Å². The highest BCUT2D eigenvalue weighted by molar-refractivity contribution is 7.98. The molecule has 1 aromatic heterocycles. The monoisotopic (exact) mass is 304 g/mol. The highest BCUT2D eigenvalue weighted by atomic mass is 32.2. The van der Waals surface area contributed by atoms with Gasteiger partial charge in [0.05, 0.1) is 12.3 Å². The molecular formula is C16H20N2O2S. The van der Waals surface area contributed by atoms with Gasteiger partial charge in [0, 0.05) is 37.4 Å². The van der Waals surface area contributed by atoms with Crippen molar-refractivity contribution in [1.29, 1.82) is 0 Å². The second kappa shape index (κ2) is 7.90. The lowest BCUT2D eigenvalue weighted by molar-refractivity contribution is 0.186. The zero-order valence-electron chi connectivity index (χ0n) is 12.3. The topological polar surface area (TPSA) is 43.3 Å². The number of pyridine rings is 1. The number of nitrogens with one attached hydrogen (secondary N) is 1. The maximum atomic E-state index is 11.7. The van der Waals surface area contributed by atoms with Gasteiger partial charge in [-0.15, -0.1) is 11.8 Å². The summed E-state index contributed by atoms with van der Waals surface area (Å²) in [6.07, 6.45) is 3.90. The smallest absolute Gasteiger partial charge is 0.250 e. The van der Waals surface area contributed by atoms with Crippen LogP contribution in [0, 0.1) is 0 Å². The Morgan fingerprint density at radius 3 is 2.62 bits per heavy atom. The Balaban J connectivity index is 2.00. The van der Waals surface area contributed by atoms with Crippen LogP contribution in [0.15, 0.2) is 52.3 Å². The highest BCUT2D eigenvalue weighted by Gasteiger charge is 1.99. The van der Waals surface area contributed by atoms with Crippen molar-refractivity contribution in [2.75, 3.05) is 25.3 Å². The van der Waals surface area contributed by atoms with E-state index < -0.39 is 0 Å². The lowest BCUT2D eigenvalue weighted by atomic mass is 10.2. The van der Waals surface area contributed by atoms with Gasteiger partial charge in [-0.05, 0) is 30.0 Å². The van der Waals surface area contributed by atoms with Crippen LogP contribution in [0.25, 0.3) is 0 Å². The largest absolute Gasteiger partial charge is 0.383 e. The summed E-state index contributed by atoms with van der Waals surface area (Å²) >= 11 is 1.73. The molecule has 5 heteroatoms. The van der Waals surface area contributed by atoms with Gasteiger partial charge < -0.3 is 14.6 Å². The first-order chi connectivity index (χ1) is 10.2. The molecule has 2 rings (SSSR count). The Morgan fingerprint density at radius 2 is 1.95 bits per heavy atom. The number of rotatable bonds is 7. The summed E-state index contributed by atoms with van der Waals surface area (Å²) in [6, 6.07) is 11.8. The molecule has 0 radical (unpaired) electrons. The van der Waals surface area contributed by atoms with Gasteiger partial charge in [0.25, 0.3) is 5.56 Å². The minimum atomic E-state index is -0.0121. The quantitative estimate of drug-likeness (QED) is 0.799. The molecule has 0 aliphatic rings. The minimum Gasteiger partial charge on any atom is -0.383 e. The third-order valence-corrected chi connectivity index (χ3v) is 3.92. The van der Waals surface area contributed by atoms with Crippen LogP contribution in [0.2, 0.25) is 0 Å². The number of thioether (sulfide) groups is 1. The van der Waals surface area contributed by atoms with E-state index in [1.165, 1.54) is 10.5 Å². The van der Waals surface area contributed by atoms with E-state index in [1.807, 2.05) is 12.3 Å². The van der Waals surface area contributed by atoms with Gasteiger partial charge in [-0.3, -0.25) is 4.79 Å². The fourth-order valence-electron chi connectivity index (χ4n) is 1.95. The number of benzene rings is 1. The predicted molar refractivity (Wildman–Crippen MR) is 88.1 cm³/mol. The molecule has 0 bridgehead atoms. The van der Waals surface area contributed by atoms with Crippen LogP contribution in [0.5, 0.6) is 0 Å². The van der Waals surface area contributed by atoms with E-state index >= 15 is 0 Å². The number of aromatic nitrogens is 1. The molecular weight excluding hydrogens is 284 g/mol. The first-order valence-corrected chi connectivity index (χ1v) is 8.01. The van der Waals surface area contributed by atoms with Crippen molar-refractivity contribution in [1.82, 2.24) is 4.57 Å². The van der Waals surface area contributed by atoms with Gasteiger partial charge >= 0.3 is 0 Å². The lowest BCUT2D eigenvalue weighted by Crippen LogP contribution is -2.21. The predicted octanol–water partition coefficient (Wildman–Crippen LogP) is 2.83. The summed E-state index contributed by atoms with van der Waals surface area (Å²) in [5, 5.41) is 3.34. The van der Waals surface area contributed by atoms with E-state index in [9.17, 15) is 4.79 Å². The minimum absolute atomic E-state index is 0.0121. The molecule has 21 heavy (non-hydrogen) atoms. The highest BCUT2D eigenvalue weighted by Crippen LogP contribution is 2.15. The van der Waals surface area contributed by atoms with E-state index in [0.29, 0.717) is 13.2 Å². The van der Waals surface area contributed by atoms with Gasteiger partial charge in [0.1, 0.15) is 0 Å². The van der Waals surface area contributed by atoms with Crippen molar-refractivity contribution in [3.63, 3.8) is 0 Å². The number of anilines is 1. The first-order valence-electron chi connectivity index (χ1n) is 6.79. The molecule has 0 unspecified atom stereocenters. The van der Waals surface area contributed by atoms with Gasteiger partial charge in [-0.25, -0.2) is 0 Å². The summed E-state index contributed by atoms with van der Waals surface area (Å²) in [7, 11) is 1.63. The lowest BCUT2D eigenvalue weighted by Gasteiger charge is -2.10. The second-order valence-electron chi connectivity index (χ2n) is 4.64. The average molecular weight is 304 g/mol. The first kappa shape index (κ1) is 15.7. The zero-order chi connectivity index (χ0) is 15.1. The van der Waals surface area contributed by atoms with Gasteiger partial charge in [-0.2, -0.15) is 0 Å². The zero-order valence-corrected chi connectivity index (χ0v) is 13.2. The Kier molecular flexibility index (Phi) is 5.90. The number of methoxy groups -OCH3 is 1. The maximum Gasteiger partial charge on any atom is 0.250 e. The summed E-state index contributed by atoms with van der Waals surface area (Å²) in [5.41, 5.74) is 2.13. The maximum absolute atomic E-state index is 11.7. The van der Waals surface area contributed by atoms with Crippen LogP contribution in [-0.4, -0.2) is 24.5 Å². The van der Waals surface area contributed by atoms with E-state index in [1.54, 1.807) is 29.5 Å². The van der Waals surface area contributed by atoms with Crippen molar-refractivity contribution < 1.29 is 4.74 Å². The molecule has 4 nitrogen and oxygen atoms in total. The molecule has 0 atom stereocenters. The van der Waals surface area contributed by atoms with Gasteiger partial charge in [-0.1, -0.05) is 12.1 Å². The van der Waals surface area contributed by atoms with Crippen molar-refractivity contribution in [3.05, 3.63) is 58.5 Å².